The van der Waals surface area contributed by atoms with Crippen LogP contribution < -0.4 is 0 Å². The van der Waals surface area contributed by atoms with Crippen LogP contribution in [0.2, 0.25) is 0 Å². The minimum absolute atomic E-state index is 0.0235. The van der Waals surface area contributed by atoms with Gasteiger partial charge < -0.3 is 9.63 Å². The fourth-order valence-corrected chi connectivity index (χ4v) is 4.67. The summed E-state index contributed by atoms with van der Waals surface area (Å²) in [6, 6.07) is 18.0. The van der Waals surface area contributed by atoms with E-state index in [1.807, 2.05) is 44.7 Å². The largest absolute Gasteiger partial charge is 0.480 e. The van der Waals surface area contributed by atoms with Gasteiger partial charge in [0.2, 0.25) is 5.82 Å². The highest BCUT2D eigenvalue weighted by atomic mass is 19.4. The maximum atomic E-state index is 14.0. The maximum absolute atomic E-state index is 14.0. The number of aromatic nitrogens is 2. The number of benzene rings is 3. The molecule has 0 spiro atoms. The van der Waals surface area contributed by atoms with Gasteiger partial charge in [-0.3, -0.25) is 9.69 Å². The average Bonchev–Trinajstić information content (AvgIpc) is 3.36. The lowest BCUT2D eigenvalue weighted by molar-refractivity contribution is -0.140. The van der Waals surface area contributed by atoms with Gasteiger partial charge in [0.05, 0.1) is 12.1 Å². The Bertz CT molecular complexity index is 1470. The van der Waals surface area contributed by atoms with Crippen molar-refractivity contribution in [2.24, 2.45) is 0 Å². The second kappa shape index (κ2) is 10.6. The van der Waals surface area contributed by atoms with Gasteiger partial charge in [-0.15, -0.1) is 0 Å². The third-order valence-corrected chi connectivity index (χ3v) is 6.72. The molecule has 1 heterocycles. The summed E-state index contributed by atoms with van der Waals surface area (Å²) in [5.41, 5.74) is 1.86. The summed E-state index contributed by atoms with van der Waals surface area (Å²) < 4.78 is 47.4. The third kappa shape index (κ3) is 6.20. The molecular formula is C30H30F3N3O3. The number of alkyl halides is 3. The number of carboxylic acids is 1. The number of halogens is 3. The highest BCUT2D eigenvalue weighted by molar-refractivity contribution is 5.74. The van der Waals surface area contributed by atoms with Gasteiger partial charge in [-0.25, -0.2) is 0 Å². The molecule has 0 saturated heterocycles. The van der Waals surface area contributed by atoms with Gasteiger partial charge in [0.1, 0.15) is 0 Å². The monoisotopic (exact) mass is 537 g/mol. The number of rotatable bonds is 7. The molecule has 3 aromatic carbocycles. The number of carboxylic acid groups (broad SMARTS) is 1. The molecule has 4 rings (SSSR count). The van der Waals surface area contributed by atoms with Crippen LogP contribution in [0.25, 0.3) is 34.0 Å². The summed E-state index contributed by atoms with van der Waals surface area (Å²) >= 11 is 0. The highest BCUT2D eigenvalue weighted by Gasteiger charge is 2.35. The van der Waals surface area contributed by atoms with Crippen LogP contribution in [0.1, 0.15) is 50.4 Å². The lowest BCUT2D eigenvalue weighted by Gasteiger charge is -2.39. The van der Waals surface area contributed by atoms with E-state index in [0.29, 0.717) is 11.1 Å². The number of hydrogen-bond acceptors (Lipinski definition) is 5. The fourth-order valence-electron chi connectivity index (χ4n) is 4.67. The predicted molar refractivity (Wildman–Crippen MR) is 143 cm³/mol. The van der Waals surface area contributed by atoms with Crippen molar-refractivity contribution in [3.8, 4) is 34.0 Å². The van der Waals surface area contributed by atoms with Gasteiger partial charge in [0.25, 0.3) is 5.89 Å². The summed E-state index contributed by atoms with van der Waals surface area (Å²) in [5.74, 6) is -0.697. The van der Waals surface area contributed by atoms with Crippen molar-refractivity contribution in [3.05, 3.63) is 83.4 Å². The molecular weight excluding hydrogens is 507 g/mol. The van der Waals surface area contributed by atoms with Gasteiger partial charge in [-0.1, -0.05) is 59.8 Å². The molecule has 6 nitrogen and oxygen atoms in total. The van der Waals surface area contributed by atoms with Crippen molar-refractivity contribution in [1.29, 1.82) is 0 Å². The van der Waals surface area contributed by atoms with Gasteiger partial charge in [0, 0.05) is 22.7 Å². The van der Waals surface area contributed by atoms with Crippen LogP contribution in [-0.4, -0.2) is 38.2 Å². The Labute approximate surface area is 225 Å². The van der Waals surface area contributed by atoms with E-state index in [2.05, 4.69) is 10.1 Å². The molecule has 9 heteroatoms. The fraction of sp³-hybridized carbons (Fsp3) is 0.300. The number of aryl methyl sites for hydroxylation is 1. The Kier molecular flexibility index (Phi) is 7.66. The van der Waals surface area contributed by atoms with Crippen molar-refractivity contribution >= 4 is 5.97 Å². The van der Waals surface area contributed by atoms with E-state index in [-0.39, 0.29) is 41.0 Å². The van der Waals surface area contributed by atoms with Gasteiger partial charge in [0.15, 0.2) is 0 Å². The highest BCUT2D eigenvalue weighted by Crippen LogP contribution is 2.40. The zero-order valence-electron chi connectivity index (χ0n) is 22.4. The number of nitrogens with zero attached hydrogens (tertiary/aromatic N) is 3. The molecule has 204 valence electrons. The second-order valence-electron chi connectivity index (χ2n) is 10.5. The first kappa shape index (κ1) is 28.0. The molecule has 0 amide bonds. The molecule has 0 fully saturated rings. The van der Waals surface area contributed by atoms with Crippen LogP contribution in [-0.2, 0) is 11.0 Å². The Morgan fingerprint density at radius 2 is 1.62 bits per heavy atom. The normalized spacial score (nSPS) is 13.1. The minimum Gasteiger partial charge on any atom is -0.480 e. The molecule has 0 bridgehead atoms. The number of aliphatic carboxylic acids is 1. The average molecular weight is 538 g/mol. The minimum atomic E-state index is -4.58. The van der Waals surface area contributed by atoms with E-state index in [0.717, 1.165) is 17.2 Å². The third-order valence-electron chi connectivity index (χ3n) is 6.72. The Morgan fingerprint density at radius 1 is 0.974 bits per heavy atom. The summed E-state index contributed by atoms with van der Waals surface area (Å²) in [7, 11) is 0. The SMILES string of the molecule is Cc1ccccc1-c1ccc(-c2nc(-c3ccc(C(C)N(CC(=O)O)C(C)(C)C)cc3)no2)cc1C(F)(F)F. The van der Waals surface area contributed by atoms with Crippen molar-refractivity contribution < 1.29 is 27.6 Å². The molecule has 1 aromatic heterocycles. The Morgan fingerprint density at radius 3 is 2.21 bits per heavy atom. The van der Waals surface area contributed by atoms with E-state index in [1.54, 1.807) is 49.4 Å². The summed E-state index contributed by atoms with van der Waals surface area (Å²) in [4.78, 5) is 17.6. The number of hydrogen-bond donors (Lipinski definition) is 1. The predicted octanol–water partition coefficient (Wildman–Crippen LogP) is 7.64. The van der Waals surface area contributed by atoms with Crippen molar-refractivity contribution in [1.82, 2.24) is 15.0 Å². The molecule has 1 unspecified atom stereocenters. The Balaban J connectivity index is 1.63. The number of carbonyl (C=O) groups is 1. The summed E-state index contributed by atoms with van der Waals surface area (Å²) in [5, 5.41) is 13.3. The molecule has 0 aliphatic rings. The van der Waals surface area contributed by atoms with Crippen molar-refractivity contribution in [3.63, 3.8) is 0 Å². The summed E-state index contributed by atoms with van der Waals surface area (Å²) in [6.45, 7) is 9.47. The van der Waals surface area contributed by atoms with Gasteiger partial charge in [-0.05, 0) is 69.0 Å². The molecule has 0 aliphatic carbocycles. The smallest absolute Gasteiger partial charge is 0.417 e. The maximum Gasteiger partial charge on any atom is 0.417 e. The van der Waals surface area contributed by atoms with Crippen LogP contribution in [0.3, 0.4) is 0 Å². The van der Waals surface area contributed by atoms with Crippen LogP contribution >= 0.6 is 0 Å². The van der Waals surface area contributed by atoms with E-state index >= 15 is 0 Å². The molecule has 0 radical (unpaired) electrons. The molecule has 4 aromatic rings. The molecule has 0 saturated carbocycles. The van der Waals surface area contributed by atoms with Crippen LogP contribution in [0.5, 0.6) is 0 Å². The topological polar surface area (TPSA) is 79.5 Å². The van der Waals surface area contributed by atoms with Crippen molar-refractivity contribution in [2.75, 3.05) is 6.54 Å². The van der Waals surface area contributed by atoms with Crippen LogP contribution in [0.4, 0.5) is 13.2 Å². The van der Waals surface area contributed by atoms with Crippen LogP contribution in [0.15, 0.2) is 71.3 Å². The lowest BCUT2D eigenvalue weighted by atomic mass is 9.94. The van der Waals surface area contributed by atoms with E-state index in [4.69, 9.17) is 4.52 Å². The zero-order valence-corrected chi connectivity index (χ0v) is 22.4. The first-order valence-electron chi connectivity index (χ1n) is 12.5. The Hall–Kier alpha value is -3.98. The zero-order chi connectivity index (χ0) is 28.5. The second-order valence-corrected chi connectivity index (χ2v) is 10.5. The lowest BCUT2D eigenvalue weighted by Crippen LogP contribution is -2.45. The van der Waals surface area contributed by atoms with E-state index in [9.17, 15) is 23.1 Å². The first-order valence-corrected chi connectivity index (χ1v) is 12.5. The first-order chi connectivity index (χ1) is 18.3. The molecule has 1 N–H and O–H groups in total. The standard InChI is InChI=1S/C30H30F3N3O3/c1-18-8-6-7-9-23(18)24-15-14-22(16-25(24)30(31,32)33)28-34-27(35-39-28)21-12-10-20(11-13-21)19(2)36(17-26(37)38)29(3,4)5/h6-16,19H,17H2,1-5H3,(H,37,38). The van der Waals surface area contributed by atoms with E-state index in [1.165, 1.54) is 6.07 Å². The quantitative estimate of drug-likeness (QED) is 0.261. The van der Waals surface area contributed by atoms with E-state index < -0.39 is 17.7 Å². The molecule has 0 aliphatic heterocycles. The molecule has 1 atom stereocenters. The molecule has 39 heavy (non-hydrogen) atoms. The van der Waals surface area contributed by atoms with Gasteiger partial charge >= 0.3 is 12.1 Å². The van der Waals surface area contributed by atoms with Gasteiger partial charge in [-0.2, -0.15) is 18.2 Å². The summed E-state index contributed by atoms with van der Waals surface area (Å²) in [6.07, 6.45) is -4.58. The van der Waals surface area contributed by atoms with Crippen LogP contribution in [0, 0.1) is 6.92 Å². The van der Waals surface area contributed by atoms with Crippen molar-refractivity contribution in [2.45, 2.75) is 52.4 Å².